The Kier molecular flexibility index (Phi) is 5.08. The van der Waals surface area contributed by atoms with Gasteiger partial charge < -0.3 is 23.6 Å². The molecule has 1 N–H and O–H groups in total. The third-order valence-corrected chi connectivity index (χ3v) is 2.79. The molecule has 2 rings (SSSR count). The molecule has 0 spiro atoms. The molecule has 2 heterocycles. The molecule has 0 fully saturated rings. The van der Waals surface area contributed by atoms with E-state index in [9.17, 15) is 9.59 Å². The number of ether oxygens (including phenoxy) is 3. The van der Waals surface area contributed by atoms with Crippen LogP contribution in [0.1, 0.15) is 37.7 Å². The Morgan fingerprint density at radius 1 is 1.32 bits per heavy atom. The third-order valence-electron chi connectivity index (χ3n) is 2.79. The van der Waals surface area contributed by atoms with E-state index in [1.165, 1.54) is 12.3 Å². The van der Waals surface area contributed by atoms with Crippen LogP contribution in [0.15, 0.2) is 22.8 Å². The fourth-order valence-electron chi connectivity index (χ4n) is 1.71. The summed E-state index contributed by atoms with van der Waals surface area (Å²) in [6.45, 7) is 5.79. The lowest BCUT2D eigenvalue weighted by atomic mass is 10.2. The van der Waals surface area contributed by atoms with Crippen LogP contribution in [-0.2, 0) is 14.2 Å². The second-order valence-corrected chi connectivity index (χ2v) is 5.20. The number of hydrogen-bond donors (Lipinski definition) is 1. The van der Waals surface area contributed by atoms with Gasteiger partial charge in [-0.2, -0.15) is 0 Å². The van der Waals surface area contributed by atoms with E-state index >= 15 is 0 Å². The van der Waals surface area contributed by atoms with Gasteiger partial charge in [0.25, 0.3) is 6.29 Å². The summed E-state index contributed by atoms with van der Waals surface area (Å²) >= 11 is 0. The first-order valence-electron chi connectivity index (χ1n) is 7.10. The van der Waals surface area contributed by atoms with Crippen LogP contribution < -0.4 is 0 Å². The predicted molar refractivity (Wildman–Crippen MR) is 77.3 cm³/mol. The molecule has 0 amide bonds. The normalized spacial score (nSPS) is 12.4. The molecule has 0 saturated heterocycles. The lowest BCUT2D eigenvalue weighted by Crippen LogP contribution is -2.25. The highest BCUT2D eigenvalue weighted by atomic mass is 16.8. The van der Waals surface area contributed by atoms with Crippen molar-refractivity contribution in [1.29, 1.82) is 0 Å². The molecule has 22 heavy (non-hydrogen) atoms. The number of nitrogens with one attached hydrogen (secondary N) is 1. The zero-order valence-corrected chi connectivity index (χ0v) is 12.8. The van der Waals surface area contributed by atoms with Gasteiger partial charge >= 0.3 is 12.1 Å². The smallest absolute Gasteiger partial charge is 0.463 e. The molecule has 0 bridgehead atoms. The Bertz CT molecular complexity index is 613. The Morgan fingerprint density at radius 2 is 2.09 bits per heavy atom. The van der Waals surface area contributed by atoms with Gasteiger partial charge in [0.15, 0.2) is 5.58 Å². The quantitative estimate of drug-likeness (QED) is 0.649. The molecule has 1 atom stereocenters. The van der Waals surface area contributed by atoms with Crippen LogP contribution in [0, 0.1) is 5.92 Å². The van der Waals surface area contributed by atoms with Crippen molar-refractivity contribution in [3.63, 3.8) is 0 Å². The van der Waals surface area contributed by atoms with Crippen molar-refractivity contribution in [2.75, 3.05) is 6.61 Å². The minimum absolute atomic E-state index is 0.199. The third kappa shape index (κ3) is 4.03. The summed E-state index contributed by atoms with van der Waals surface area (Å²) in [5, 5.41) is 0. The number of fused-ring (bicyclic) bond motifs is 1. The number of carbonyl (C=O) groups is 2. The molecular formula is C15H19NO6. The second kappa shape index (κ2) is 7.02. The molecule has 1 unspecified atom stereocenters. The van der Waals surface area contributed by atoms with Gasteiger partial charge in [-0.05, 0) is 5.92 Å². The summed E-state index contributed by atoms with van der Waals surface area (Å²) in [4.78, 5) is 26.3. The number of aromatic amines is 1. The average molecular weight is 309 g/mol. The lowest BCUT2D eigenvalue weighted by molar-refractivity contribution is -0.0947. The van der Waals surface area contributed by atoms with Gasteiger partial charge in [0.05, 0.1) is 18.4 Å². The number of carbonyl (C=O) groups excluding carboxylic acids is 2. The number of furan rings is 1. The van der Waals surface area contributed by atoms with E-state index in [1.54, 1.807) is 13.0 Å². The van der Waals surface area contributed by atoms with Gasteiger partial charge in [-0.3, -0.25) is 0 Å². The molecule has 0 radical (unpaired) electrons. The predicted octanol–water partition coefficient (Wildman–Crippen LogP) is 3.46. The fraction of sp³-hybridized carbons (Fsp3) is 0.467. The zero-order chi connectivity index (χ0) is 16.1. The number of hydrogen-bond acceptors (Lipinski definition) is 6. The van der Waals surface area contributed by atoms with Gasteiger partial charge in [-0.15, -0.1) is 0 Å². The molecule has 0 saturated carbocycles. The van der Waals surface area contributed by atoms with E-state index in [0.29, 0.717) is 17.5 Å². The first-order valence-corrected chi connectivity index (χ1v) is 7.10. The molecule has 0 aliphatic carbocycles. The first kappa shape index (κ1) is 15.9. The van der Waals surface area contributed by atoms with Crippen molar-refractivity contribution in [2.24, 2.45) is 5.92 Å². The maximum absolute atomic E-state index is 12.0. The van der Waals surface area contributed by atoms with Crippen LogP contribution in [0.5, 0.6) is 0 Å². The van der Waals surface area contributed by atoms with E-state index in [0.717, 1.165) is 0 Å². The van der Waals surface area contributed by atoms with Crippen LogP contribution in [0.2, 0.25) is 0 Å². The maximum Gasteiger partial charge on any atom is 0.511 e. The van der Waals surface area contributed by atoms with Crippen LogP contribution >= 0.6 is 0 Å². The summed E-state index contributed by atoms with van der Waals surface area (Å²) in [6, 6.07) is 3.23. The SMILES string of the molecule is CCC(OC(=O)OCC(C)C)OC(=O)c1cc2occc2[nH]1. The highest BCUT2D eigenvalue weighted by Gasteiger charge is 2.21. The van der Waals surface area contributed by atoms with Crippen LogP contribution in [0.3, 0.4) is 0 Å². The minimum atomic E-state index is -0.998. The van der Waals surface area contributed by atoms with Crippen LogP contribution in [0.25, 0.3) is 11.1 Å². The molecule has 0 aliphatic rings. The second-order valence-electron chi connectivity index (χ2n) is 5.20. The largest absolute Gasteiger partial charge is 0.511 e. The zero-order valence-electron chi connectivity index (χ0n) is 12.8. The summed E-state index contributed by atoms with van der Waals surface area (Å²) in [5.74, 6) is -0.431. The van der Waals surface area contributed by atoms with E-state index in [-0.39, 0.29) is 18.2 Å². The Balaban J connectivity index is 1.90. The first-order chi connectivity index (χ1) is 10.5. The van der Waals surface area contributed by atoms with E-state index in [4.69, 9.17) is 18.6 Å². The molecular weight excluding hydrogens is 290 g/mol. The van der Waals surface area contributed by atoms with Crippen LogP contribution in [0.4, 0.5) is 4.79 Å². The van der Waals surface area contributed by atoms with Gasteiger partial charge in [0, 0.05) is 18.6 Å². The highest BCUT2D eigenvalue weighted by molar-refractivity contribution is 5.93. The van der Waals surface area contributed by atoms with Crippen molar-refractivity contribution in [1.82, 2.24) is 4.98 Å². The standard InChI is InChI=1S/C15H19NO6/c1-4-13(22-15(18)20-8-9(2)3)21-14(17)11-7-12-10(16-11)5-6-19-12/h5-7,9,13,16H,4,8H2,1-3H3. The van der Waals surface area contributed by atoms with E-state index < -0.39 is 18.4 Å². The van der Waals surface area contributed by atoms with Crippen molar-refractivity contribution in [3.05, 3.63) is 24.1 Å². The number of esters is 1. The maximum atomic E-state index is 12.0. The Labute approximate surface area is 127 Å². The molecule has 2 aromatic heterocycles. The van der Waals surface area contributed by atoms with Crippen LogP contribution in [-0.4, -0.2) is 30.0 Å². The van der Waals surface area contributed by atoms with Gasteiger partial charge in [-0.1, -0.05) is 20.8 Å². The molecule has 2 aromatic rings. The summed E-state index contributed by atoms with van der Waals surface area (Å²) in [7, 11) is 0. The lowest BCUT2D eigenvalue weighted by Gasteiger charge is -2.16. The number of H-pyrrole nitrogens is 1. The Morgan fingerprint density at radius 3 is 2.73 bits per heavy atom. The van der Waals surface area contributed by atoms with Gasteiger partial charge in [0.1, 0.15) is 5.69 Å². The molecule has 7 nitrogen and oxygen atoms in total. The molecule has 0 aromatic carbocycles. The molecule has 0 aliphatic heterocycles. The average Bonchev–Trinajstić information content (AvgIpc) is 3.05. The fourth-order valence-corrected chi connectivity index (χ4v) is 1.71. The van der Waals surface area contributed by atoms with E-state index in [2.05, 4.69) is 4.98 Å². The highest BCUT2D eigenvalue weighted by Crippen LogP contribution is 2.17. The minimum Gasteiger partial charge on any atom is -0.463 e. The van der Waals surface area contributed by atoms with Crippen molar-refractivity contribution >= 4 is 23.2 Å². The van der Waals surface area contributed by atoms with Gasteiger partial charge in [-0.25, -0.2) is 9.59 Å². The topological polar surface area (TPSA) is 90.8 Å². The number of aromatic nitrogens is 1. The summed E-state index contributed by atoms with van der Waals surface area (Å²) in [5.41, 5.74) is 1.47. The van der Waals surface area contributed by atoms with Gasteiger partial charge in [0.2, 0.25) is 0 Å². The Hall–Kier alpha value is -2.44. The van der Waals surface area contributed by atoms with Crippen molar-refractivity contribution < 1.29 is 28.2 Å². The monoisotopic (exact) mass is 309 g/mol. The summed E-state index contributed by atoms with van der Waals surface area (Å²) < 4.78 is 20.1. The molecule has 7 heteroatoms. The van der Waals surface area contributed by atoms with Crippen molar-refractivity contribution in [2.45, 2.75) is 33.5 Å². The number of rotatable bonds is 6. The molecule has 120 valence electrons. The van der Waals surface area contributed by atoms with Crippen molar-refractivity contribution in [3.8, 4) is 0 Å². The van der Waals surface area contributed by atoms with E-state index in [1.807, 2.05) is 13.8 Å². The summed E-state index contributed by atoms with van der Waals surface area (Å²) in [6.07, 6.45) is -0.0199.